The van der Waals surface area contributed by atoms with Crippen LogP contribution in [0.4, 0.5) is 8.78 Å². The minimum absolute atomic E-state index is 0.0495. The molecule has 100 valence electrons. The van der Waals surface area contributed by atoms with Gasteiger partial charge in [0.05, 0.1) is 6.10 Å². The summed E-state index contributed by atoms with van der Waals surface area (Å²) in [5.41, 5.74) is 0.735. The number of aryl methyl sites for hydroxylation is 1. The molecule has 0 saturated carbocycles. The van der Waals surface area contributed by atoms with Crippen LogP contribution in [0, 0.1) is 18.6 Å². The Hall–Kier alpha value is -1.94. The van der Waals surface area contributed by atoms with E-state index >= 15 is 0 Å². The minimum atomic E-state index is -0.904. The molecule has 1 unspecified atom stereocenters. The van der Waals surface area contributed by atoms with Crippen LogP contribution in [-0.4, -0.2) is 5.11 Å². The van der Waals surface area contributed by atoms with E-state index in [9.17, 15) is 13.9 Å². The van der Waals surface area contributed by atoms with Crippen LogP contribution in [0.2, 0.25) is 0 Å². The molecule has 0 fully saturated rings. The van der Waals surface area contributed by atoms with Gasteiger partial charge in [0.1, 0.15) is 11.6 Å². The third-order valence-electron chi connectivity index (χ3n) is 2.80. The van der Waals surface area contributed by atoms with Crippen molar-refractivity contribution >= 4 is 0 Å². The fraction of sp³-hybridized carbons (Fsp3) is 0.200. The number of aliphatic hydroxyl groups is 1. The molecule has 0 bridgehead atoms. The topological polar surface area (TPSA) is 29.5 Å². The molecule has 19 heavy (non-hydrogen) atoms. The molecule has 0 radical (unpaired) electrons. The van der Waals surface area contributed by atoms with Crippen LogP contribution in [0.15, 0.2) is 36.4 Å². The van der Waals surface area contributed by atoms with E-state index in [2.05, 4.69) is 0 Å². The lowest BCUT2D eigenvalue weighted by atomic mass is 10.1. The Balaban J connectivity index is 2.41. The molecule has 0 amide bonds. The highest BCUT2D eigenvalue weighted by Crippen LogP contribution is 2.32. The SMILES string of the molecule is Cc1cccc(Oc2ccc(F)cc2C(C)O)c1F. The third-order valence-corrected chi connectivity index (χ3v) is 2.80. The molecule has 0 aromatic heterocycles. The van der Waals surface area contributed by atoms with Crippen molar-refractivity contribution in [2.24, 2.45) is 0 Å². The molecular formula is C15H14F2O2. The molecule has 0 heterocycles. The summed E-state index contributed by atoms with van der Waals surface area (Å²) in [7, 11) is 0. The molecule has 0 aliphatic carbocycles. The summed E-state index contributed by atoms with van der Waals surface area (Å²) in [5, 5.41) is 9.59. The number of rotatable bonds is 3. The first-order chi connectivity index (χ1) is 8.99. The molecule has 1 atom stereocenters. The lowest BCUT2D eigenvalue weighted by Gasteiger charge is -2.14. The highest BCUT2D eigenvalue weighted by Gasteiger charge is 2.14. The van der Waals surface area contributed by atoms with Gasteiger partial charge >= 0.3 is 0 Å². The van der Waals surface area contributed by atoms with E-state index in [1.54, 1.807) is 19.1 Å². The zero-order chi connectivity index (χ0) is 14.0. The normalized spacial score (nSPS) is 12.3. The molecule has 2 aromatic rings. The maximum Gasteiger partial charge on any atom is 0.168 e. The maximum absolute atomic E-state index is 13.8. The van der Waals surface area contributed by atoms with Crippen LogP contribution in [0.25, 0.3) is 0 Å². The predicted molar refractivity (Wildman–Crippen MR) is 68.2 cm³/mol. The monoisotopic (exact) mass is 264 g/mol. The Morgan fingerprint density at radius 1 is 1.11 bits per heavy atom. The van der Waals surface area contributed by atoms with E-state index < -0.39 is 17.7 Å². The van der Waals surface area contributed by atoms with Crippen molar-refractivity contribution in [3.63, 3.8) is 0 Å². The van der Waals surface area contributed by atoms with Gasteiger partial charge in [0.25, 0.3) is 0 Å². The van der Waals surface area contributed by atoms with E-state index in [-0.39, 0.29) is 17.1 Å². The van der Waals surface area contributed by atoms with Gasteiger partial charge in [-0.3, -0.25) is 0 Å². The van der Waals surface area contributed by atoms with E-state index in [1.165, 1.54) is 31.2 Å². The zero-order valence-electron chi connectivity index (χ0n) is 10.7. The first-order valence-corrected chi connectivity index (χ1v) is 5.89. The van der Waals surface area contributed by atoms with Gasteiger partial charge in [0.2, 0.25) is 0 Å². The maximum atomic E-state index is 13.8. The number of hydrogen-bond acceptors (Lipinski definition) is 2. The summed E-state index contributed by atoms with van der Waals surface area (Å²) in [6.45, 7) is 3.12. The van der Waals surface area contributed by atoms with Gasteiger partial charge in [-0.15, -0.1) is 0 Å². The largest absolute Gasteiger partial charge is 0.454 e. The van der Waals surface area contributed by atoms with Crippen LogP contribution in [-0.2, 0) is 0 Å². The molecule has 0 aliphatic rings. The smallest absolute Gasteiger partial charge is 0.168 e. The summed E-state index contributed by atoms with van der Waals surface area (Å²) < 4.78 is 32.4. The van der Waals surface area contributed by atoms with E-state index in [1.807, 2.05) is 0 Å². The number of hydrogen-bond donors (Lipinski definition) is 1. The van der Waals surface area contributed by atoms with Crippen LogP contribution in [0.1, 0.15) is 24.2 Å². The Morgan fingerprint density at radius 3 is 2.53 bits per heavy atom. The fourth-order valence-electron chi connectivity index (χ4n) is 1.76. The molecule has 0 saturated heterocycles. The van der Waals surface area contributed by atoms with Crippen LogP contribution < -0.4 is 4.74 Å². The molecule has 2 rings (SSSR count). The van der Waals surface area contributed by atoms with Gasteiger partial charge < -0.3 is 9.84 Å². The van der Waals surface area contributed by atoms with Gasteiger partial charge in [-0.05, 0) is 43.7 Å². The van der Waals surface area contributed by atoms with Crippen LogP contribution in [0.5, 0.6) is 11.5 Å². The van der Waals surface area contributed by atoms with Crippen molar-refractivity contribution in [3.05, 3.63) is 59.2 Å². The molecular weight excluding hydrogens is 250 g/mol. The summed E-state index contributed by atoms with van der Waals surface area (Å²) in [6, 6.07) is 8.53. The van der Waals surface area contributed by atoms with Crippen molar-refractivity contribution in [2.45, 2.75) is 20.0 Å². The first kappa shape index (κ1) is 13.5. The number of ether oxygens (including phenoxy) is 1. The second kappa shape index (κ2) is 5.36. The summed E-state index contributed by atoms with van der Waals surface area (Å²) in [6.07, 6.45) is -0.904. The lowest BCUT2D eigenvalue weighted by molar-refractivity contribution is 0.195. The Bertz CT molecular complexity index is 595. The average Bonchev–Trinajstić information content (AvgIpc) is 2.36. The quantitative estimate of drug-likeness (QED) is 0.903. The van der Waals surface area contributed by atoms with Gasteiger partial charge in [0, 0.05) is 5.56 Å². The molecule has 4 heteroatoms. The van der Waals surface area contributed by atoms with Crippen molar-refractivity contribution in [2.75, 3.05) is 0 Å². The van der Waals surface area contributed by atoms with Crippen LogP contribution in [0.3, 0.4) is 0 Å². The third kappa shape index (κ3) is 2.90. The number of aliphatic hydroxyl groups excluding tert-OH is 1. The Morgan fingerprint density at radius 2 is 1.84 bits per heavy atom. The van der Waals surface area contributed by atoms with E-state index in [0.29, 0.717) is 5.56 Å². The molecule has 1 N–H and O–H groups in total. The molecule has 0 spiro atoms. The highest BCUT2D eigenvalue weighted by atomic mass is 19.1. The second-order valence-electron chi connectivity index (χ2n) is 4.35. The van der Waals surface area contributed by atoms with Gasteiger partial charge in [0.15, 0.2) is 11.6 Å². The minimum Gasteiger partial charge on any atom is -0.454 e. The zero-order valence-corrected chi connectivity index (χ0v) is 10.7. The Labute approximate surface area is 110 Å². The average molecular weight is 264 g/mol. The van der Waals surface area contributed by atoms with Crippen molar-refractivity contribution in [1.29, 1.82) is 0 Å². The fourth-order valence-corrected chi connectivity index (χ4v) is 1.76. The Kier molecular flexibility index (Phi) is 3.81. The van der Waals surface area contributed by atoms with Crippen molar-refractivity contribution in [3.8, 4) is 11.5 Å². The predicted octanol–water partition coefficient (Wildman–Crippen LogP) is 4.12. The van der Waals surface area contributed by atoms with Crippen molar-refractivity contribution in [1.82, 2.24) is 0 Å². The highest BCUT2D eigenvalue weighted by molar-refractivity contribution is 5.40. The van der Waals surface area contributed by atoms with Gasteiger partial charge in [-0.1, -0.05) is 12.1 Å². The molecule has 0 aliphatic heterocycles. The van der Waals surface area contributed by atoms with E-state index in [0.717, 1.165) is 0 Å². The van der Waals surface area contributed by atoms with E-state index in [4.69, 9.17) is 4.74 Å². The number of benzene rings is 2. The summed E-state index contributed by atoms with van der Waals surface area (Å²) in [5.74, 6) is -0.661. The second-order valence-corrected chi connectivity index (χ2v) is 4.35. The van der Waals surface area contributed by atoms with Gasteiger partial charge in [-0.2, -0.15) is 0 Å². The summed E-state index contributed by atoms with van der Waals surface area (Å²) >= 11 is 0. The molecule has 2 aromatic carbocycles. The summed E-state index contributed by atoms with van der Waals surface area (Å²) in [4.78, 5) is 0. The van der Waals surface area contributed by atoms with Crippen LogP contribution >= 0.6 is 0 Å². The standard InChI is InChI=1S/C15H14F2O2/c1-9-4-3-5-14(15(9)17)19-13-7-6-11(16)8-12(13)10(2)18/h3-8,10,18H,1-2H3. The number of halogens is 2. The van der Waals surface area contributed by atoms with Gasteiger partial charge in [-0.25, -0.2) is 8.78 Å². The first-order valence-electron chi connectivity index (χ1n) is 5.89. The van der Waals surface area contributed by atoms with Crippen molar-refractivity contribution < 1.29 is 18.6 Å². The molecule has 2 nitrogen and oxygen atoms in total. The lowest BCUT2D eigenvalue weighted by Crippen LogP contribution is -1.98.